The summed E-state index contributed by atoms with van der Waals surface area (Å²) in [6.45, 7) is 1.21. The molecule has 6 aromatic heterocycles. The summed E-state index contributed by atoms with van der Waals surface area (Å²) in [6.07, 6.45) is 11.1. The first kappa shape index (κ1) is 42.3. The number of hydrogen-bond donors (Lipinski definition) is 4. The van der Waals surface area contributed by atoms with Crippen LogP contribution in [0.25, 0.3) is 0 Å². The van der Waals surface area contributed by atoms with Crippen LogP contribution in [0, 0.1) is 11.6 Å². The van der Waals surface area contributed by atoms with Crippen LogP contribution >= 0.6 is 22.7 Å². The van der Waals surface area contributed by atoms with Gasteiger partial charge in [0.2, 0.25) is 0 Å². The van der Waals surface area contributed by atoms with E-state index in [1.807, 2.05) is 12.1 Å². The van der Waals surface area contributed by atoms with Crippen LogP contribution in [0.4, 0.5) is 25.2 Å². The highest BCUT2D eigenvalue weighted by Gasteiger charge is 2.56. The predicted molar refractivity (Wildman–Crippen MR) is 236 cm³/mol. The van der Waals surface area contributed by atoms with Crippen LogP contribution in [0.3, 0.4) is 0 Å². The first-order valence-corrected chi connectivity index (χ1v) is 23.5. The molecular weight excluding hydrogens is 859 g/mol. The maximum atomic E-state index is 15.8. The molecule has 4 fully saturated rings. The zero-order valence-corrected chi connectivity index (χ0v) is 36.6. The van der Waals surface area contributed by atoms with Gasteiger partial charge >= 0.3 is 6.03 Å². The highest BCUT2D eigenvalue weighted by atomic mass is 32.1. The Bertz CT molecular complexity index is 2390. The van der Waals surface area contributed by atoms with Crippen LogP contribution < -0.4 is 10.6 Å². The Hall–Kier alpha value is -5.63. The van der Waals surface area contributed by atoms with Crippen LogP contribution in [0.2, 0.25) is 0 Å². The number of carbonyl (C=O) groups is 1. The second-order valence-electron chi connectivity index (χ2n) is 17.6. The minimum atomic E-state index is -1.27. The molecule has 4 N–H and O–H groups in total. The molecule has 2 aliphatic carbocycles. The van der Waals surface area contributed by atoms with E-state index in [9.17, 15) is 19.0 Å². The lowest BCUT2D eigenvalue weighted by Gasteiger charge is -2.53. The molecule has 19 heteroatoms. The summed E-state index contributed by atoms with van der Waals surface area (Å²) < 4.78 is 29.8. The molecule has 2 saturated heterocycles. The van der Waals surface area contributed by atoms with E-state index in [0.29, 0.717) is 70.1 Å². The van der Waals surface area contributed by atoms with Crippen LogP contribution in [0.1, 0.15) is 96.7 Å². The second kappa shape index (κ2) is 17.1. The Kier molecular flexibility index (Phi) is 11.3. The molecular formula is C45H48F2N12O3S2. The fourth-order valence-electron chi connectivity index (χ4n) is 10.3. The number of halogens is 2. The zero-order valence-electron chi connectivity index (χ0n) is 35.0. The summed E-state index contributed by atoms with van der Waals surface area (Å²) in [4.78, 5) is 38.3. The normalized spacial score (nSPS) is 24.9. The fraction of sp³-hybridized carbons (Fsp3) is 0.444. The average Bonchev–Trinajstić information content (AvgIpc) is 4.04. The van der Waals surface area contributed by atoms with Crippen molar-refractivity contribution in [3.05, 3.63) is 129 Å². The van der Waals surface area contributed by atoms with Crippen LogP contribution in [0.15, 0.2) is 84.3 Å². The summed E-state index contributed by atoms with van der Waals surface area (Å²) in [5.74, 6) is 0.318. The Morgan fingerprint density at radius 3 is 1.47 bits per heavy atom. The standard InChI is InChI=1S/C45H48F2N12O3S2/c46-31-5-1-17-50-39(31)42(13-3-14-42)25-52-37-9-7-33(54-56-37)44(35-23-48-27-63-35)21-29(60)11-19-58(44)41(62)59-20-12-30(61)22-45(59,36-24-49-28-64-36)34-8-10-38(57-55-34)53-26-43(15-4-16-43)40-32(47)6-2-18-51-40/h1-2,5-10,17-18,23-24,27-30,60-61H,3-4,11-16,19-22,25-26H2,(H,52,56)(H,53,57). The van der Waals surface area contributed by atoms with Crippen molar-refractivity contribution in [3.8, 4) is 0 Å². The first-order chi connectivity index (χ1) is 31.2. The number of piperidine rings is 2. The van der Waals surface area contributed by atoms with E-state index in [1.54, 1.807) is 69.9 Å². The van der Waals surface area contributed by atoms with Gasteiger partial charge < -0.3 is 30.6 Å². The maximum absolute atomic E-state index is 15.8. The Morgan fingerprint density at radius 2 is 1.12 bits per heavy atom. The Labute approximate surface area is 376 Å². The zero-order chi connectivity index (χ0) is 43.9. The SMILES string of the molecule is O=C(N1CCC(O)CC1(c1ccc(NCC2(c3ncccc3F)CCC2)nn1)c1cncs1)N1CCC(O)CC1(c1ccc(NCC2(c3ncccc3F)CCC2)nn1)c1cncs1. The minimum Gasteiger partial charge on any atom is -0.393 e. The number of thiazole rings is 2. The lowest BCUT2D eigenvalue weighted by atomic mass is 9.66. The number of aromatic nitrogens is 8. The molecule has 2 aliphatic heterocycles. The molecule has 0 bridgehead atoms. The topological polar surface area (TPSA) is 191 Å². The van der Waals surface area contributed by atoms with Gasteiger partial charge in [-0.25, -0.2) is 13.6 Å². The third kappa shape index (κ3) is 7.25. The largest absolute Gasteiger partial charge is 0.393 e. The Balaban J connectivity index is 0.972. The van der Waals surface area contributed by atoms with Crippen LogP contribution in [0.5, 0.6) is 0 Å². The number of aliphatic hydroxyl groups excluding tert-OH is 2. The summed E-state index contributed by atoms with van der Waals surface area (Å²) in [7, 11) is 0. The number of anilines is 2. The van der Waals surface area contributed by atoms with Crippen molar-refractivity contribution in [1.29, 1.82) is 0 Å². The second-order valence-corrected chi connectivity index (χ2v) is 19.4. The third-order valence-corrected chi connectivity index (χ3v) is 15.9. The molecule has 332 valence electrons. The molecule has 64 heavy (non-hydrogen) atoms. The van der Waals surface area contributed by atoms with Gasteiger partial charge in [0.15, 0.2) is 0 Å². The van der Waals surface area contributed by atoms with E-state index in [1.165, 1.54) is 34.8 Å². The molecule has 0 aromatic carbocycles. The van der Waals surface area contributed by atoms with Gasteiger partial charge in [-0.3, -0.25) is 19.9 Å². The van der Waals surface area contributed by atoms with Crippen molar-refractivity contribution < 1.29 is 23.8 Å². The summed E-state index contributed by atoms with van der Waals surface area (Å²) in [5, 5.41) is 48.4. The lowest BCUT2D eigenvalue weighted by molar-refractivity contribution is -0.0242. The predicted octanol–water partition coefficient (Wildman–Crippen LogP) is 6.54. The van der Waals surface area contributed by atoms with E-state index in [4.69, 9.17) is 10.2 Å². The number of nitrogens with one attached hydrogen (secondary N) is 2. The highest BCUT2D eigenvalue weighted by Crippen LogP contribution is 2.50. The Morgan fingerprint density at radius 1 is 0.672 bits per heavy atom. The van der Waals surface area contributed by atoms with Gasteiger partial charge in [0.25, 0.3) is 0 Å². The summed E-state index contributed by atoms with van der Waals surface area (Å²) >= 11 is 2.73. The molecule has 4 atom stereocenters. The molecule has 0 radical (unpaired) electrons. The van der Waals surface area contributed by atoms with Gasteiger partial charge in [-0.2, -0.15) is 10.2 Å². The van der Waals surface area contributed by atoms with Gasteiger partial charge in [-0.15, -0.1) is 32.9 Å². The number of amides is 2. The first-order valence-electron chi connectivity index (χ1n) is 21.8. The van der Waals surface area contributed by atoms with Gasteiger partial charge in [0.1, 0.15) is 34.3 Å². The monoisotopic (exact) mass is 906 g/mol. The van der Waals surface area contributed by atoms with Crippen molar-refractivity contribution >= 4 is 40.3 Å². The molecule has 6 aromatic rings. The van der Waals surface area contributed by atoms with E-state index in [-0.39, 0.29) is 43.6 Å². The van der Waals surface area contributed by atoms with Crippen LogP contribution in [-0.2, 0) is 21.9 Å². The number of urea groups is 1. The molecule has 8 heterocycles. The van der Waals surface area contributed by atoms with E-state index in [2.05, 4.69) is 40.8 Å². The summed E-state index contributed by atoms with van der Waals surface area (Å²) in [5.41, 5.74) is 1.73. The molecule has 15 nitrogen and oxygen atoms in total. The van der Waals surface area contributed by atoms with Gasteiger partial charge in [0, 0.05) is 74.6 Å². The fourth-order valence-corrected chi connectivity index (χ4v) is 12.0. The molecule has 10 rings (SSSR count). The molecule has 2 amide bonds. The number of rotatable bonds is 12. The van der Waals surface area contributed by atoms with E-state index >= 15 is 4.79 Å². The molecule has 0 spiro atoms. The number of aliphatic hydroxyl groups is 2. The van der Waals surface area contributed by atoms with Crippen molar-refractivity contribution in [1.82, 2.24) is 50.1 Å². The number of carbonyl (C=O) groups excluding carboxylic acids is 1. The smallest absolute Gasteiger partial charge is 0.322 e. The number of nitrogens with zero attached hydrogens (tertiary/aromatic N) is 10. The average molecular weight is 907 g/mol. The highest BCUT2D eigenvalue weighted by molar-refractivity contribution is 7.10. The molecule has 4 aliphatic rings. The number of hydrogen-bond acceptors (Lipinski definition) is 15. The molecule has 2 saturated carbocycles. The van der Waals surface area contributed by atoms with Crippen molar-refractivity contribution in [3.63, 3.8) is 0 Å². The number of likely N-dealkylation sites (tertiary alicyclic amines) is 2. The van der Waals surface area contributed by atoms with Gasteiger partial charge in [0.05, 0.1) is 55.8 Å². The van der Waals surface area contributed by atoms with E-state index < -0.39 is 34.1 Å². The third-order valence-electron chi connectivity index (χ3n) is 14.0. The van der Waals surface area contributed by atoms with Gasteiger partial charge in [-0.05, 0) is 87.1 Å². The minimum absolute atomic E-state index is 0.137. The maximum Gasteiger partial charge on any atom is 0.322 e. The lowest BCUT2D eigenvalue weighted by Crippen LogP contribution is -2.65. The van der Waals surface area contributed by atoms with Gasteiger partial charge in [-0.1, -0.05) is 12.8 Å². The van der Waals surface area contributed by atoms with Crippen molar-refractivity contribution in [2.45, 2.75) is 98.3 Å². The van der Waals surface area contributed by atoms with Crippen molar-refractivity contribution in [2.75, 3.05) is 36.8 Å². The quantitative estimate of drug-likeness (QED) is 0.104. The summed E-state index contributed by atoms with van der Waals surface area (Å²) in [6, 6.07) is 13.0. The van der Waals surface area contributed by atoms with Crippen molar-refractivity contribution in [2.24, 2.45) is 0 Å². The van der Waals surface area contributed by atoms with Crippen LogP contribution in [-0.4, -0.2) is 105 Å². The molecule has 4 unspecified atom stereocenters. The number of pyridine rings is 2. The van der Waals surface area contributed by atoms with E-state index in [0.717, 1.165) is 38.5 Å².